The minimum Gasteiger partial charge on any atom is -0.456 e. The van der Waals surface area contributed by atoms with Crippen LogP contribution in [0.1, 0.15) is 5.82 Å². The number of hydrogen-bond acceptors (Lipinski definition) is 2. The predicted molar refractivity (Wildman–Crippen MR) is 225 cm³/mol. The Morgan fingerprint density at radius 2 is 1.02 bits per heavy atom. The summed E-state index contributed by atoms with van der Waals surface area (Å²) >= 11 is 0. The van der Waals surface area contributed by atoms with Gasteiger partial charge < -0.3 is 4.42 Å². The molecule has 3 nitrogen and oxygen atoms in total. The first-order valence-corrected chi connectivity index (χ1v) is 17.5. The van der Waals surface area contributed by atoms with Crippen LogP contribution in [0, 0.1) is 0 Å². The first-order chi connectivity index (χ1) is 25.7. The van der Waals surface area contributed by atoms with Crippen molar-refractivity contribution in [2.45, 2.75) is 10.3 Å². The van der Waals surface area contributed by atoms with Gasteiger partial charge in [0.05, 0.1) is 56.0 Å². The molecule has 0 N–H and O–H groups in total. The van der Waals surface area contributed by atoms with Gasteiger partial charge in [-0.25, -0.2) is 4.98 Å². The second-order valence-corrected chi connectivity index (χ2v) is 13.9. The van der Waals surface area contributed by atoms with Crippen LogP contribution in [-0.2, 0) is 5.21 Å². The van der Waals surface area contributed by atoms with E-state index in [0.29, 0.717) is 5.52 Å². The van der Waals surface area contributed by atoms with Gasteiger partial charge in [0.1, 0.15) is 17.0 Å². The zero-order chi connectivity index (χ0) is 36.1. The molecule has 8 heteroatoms. The van der Waals surface area contributed by atoms with Gasteiger partial charge in [0.2, 0.25) is 0 Å². The summed E-state index contributed by atoms with van der Waals surface area (Å²) in [7, 11) is 31.8. The van der Waals surface area contributed by atoms with Crippen molar-refractivity contribution in [2.75, 3.05) is 0 Å². The molecule has 10 rings (SSSR count). The number of para-hydroxylation sites is 3. The molecule has 0 bridgehead atoms. The van der Waals surface area contributed by atoms with Crippen LogP contribution in [0.3, 0.4) is 0 Å². The van der Waals surface area contributed by atoms with Crippen molar-refractivity contribution in [1.82, 2.24) is 9.55 Å². The summed E-state index contributed by atoms with van der Waals surface area (Å²) in [5.74, 6) is 0.256. The standard InChI is InChI=1S/C45H25B5N2O/c46-44(47,45(48,49)50)43-51-36-18-8-9-19-38(36)52(43)37-23-22-34(27-11-1-2-12-28(27)37)42-32-16-5-3-14-30(32)41(31-15-4-6-17-33(31)42)26-21-24-40-35(25-26)29-13-7-10-20-39(29)53-40/h1-25H. The van der Waals surface area contributed by atoms with Crippen LogP contribution >= 0.6 is 0 Å². The Balaban J connectivity index is 1.26. The number of rotatable bonds is 5. The smallest absolute Gasteiger partial charge is 0.135 e. The molecule has 0 saturated carbocycles. The van der Waals surface area contributed by atoms with Crippen LogP contribution in [0.25, 0.3) is 93.2 Å². The third-order valence-corrected chi connectivity index (χ3v) is 10.7. The average Bonchev–Trinajstić information content (AvgIpc) is 3.75. The lowest BCUT2D eigenvalue weighted by atomic mass is 9.23. The quantitative estimate of drug-likeness (QED) is 0.136. The van der Waals surface area contributed by atoms with Gasteiger partial charge in [0.15, 0.2) is 0 Å². The number of furan rings is 1. The first-order valence-electron chi connectivity index (χ1n) is 17.5. The fourth-order valence-corrected chi connectivity index (χ4v) is 8.05. The fraction of sp³-hybridized carbons (Fsp3) is 0.0444. The zero-order valence-electron chi connectivity index (χ0n) is 28.6. The van der Waals surface area contributed by atoms with Gasteiger partial charge in [-0.1, -0.05) is 120 Å². The molecular weight excluding hydrogens is 639 g/mol. The van der Waals surface area contributed by atoms with Crippen molar-refractivity contribution in [3.8, 4) is 27.9 Å². The average molecular weight is 664 g/mol. The van der Waals surface area contributed by atoms with Crippen LogP contribution in [0.2, 0.25) is 5.11 Å². The third kappa shape index (κ3) is 4.71. The predicted octanol–water partition coefficient (Wildman–Crippen LogP) is 9.79. The number of benzene rings is 8. The van der Waals surface area contributed by atoms with E-state index in [9.17, 15) is 0 Å². The van der Waals surface area contributed by atoms with E-state index in [0.717, 1.165) is 82.2 Å². The van der Waals surface area contributed by atoms with Crippen LogP contribution in [-0.4, -0.2) is 48.8 Å². The summed E-state index contributed by atoms with van der Waals surface area (Å²) in [6.45, 7) is 0. The molecule has 0 saturated heterocycles. The molecule has 0 atom stereocenters. The monoisotopic (exact) mass is 664 g/mol. The molecule has 0 aliphatic carbocycles. The Kier molecular flexibility index (Phi) is 6.95. The Hall–Kier alpha value is -5.87. The minimum absolute atomic E-state index is 0.256. The topological polar surface area (TPSA) is 31.0 Å². The third-order valence-electron chi connectivity index (χ3n) is 10.7. The van der Waals surface area contributed by atoms with E-state index in [-0.39, 0.29) is 5.82 Å². The van der Waals surface area contributed by atoms with Gasteiger partial charge in [0, 0.05) is 16.2 Å². The molecule has 0 spiro atoms. The van der Waals surface area contributed by atoms with Gasteiger partial charge in [0.25, 0.3) is 0 Å². The molecule has 0 fully saturated rings. The number of imidazole rings is 1. The second-order valence-electron chi connectivity index (χ2n) is 13.9. The maximum absolute atomic E-state index is 6.63. The van der Waals surface area contributed by atoms with Gasteiger partial charge in [-0.15, -0.1) is 5.11 Å². The van der Waals surface area contributed by atoms with Gasteiger partial charge in [-0.2, -0.15) is 0 Å². The molecule has 2 heterocycles. The highest BCUT2D eigenvalue weighted by atomic mass is 16.3. The minimum atomic E-state index is -1.96. The summed E-state index contributed by atoms with van der Waals surface area (Å²) in [5, 5.41) is 4.98. The van der Waals surface area contributed by atoms with Crippen molar-refractivity contribution >= 4 is 105 Å². The van der Waals surface area contributed by atoms with Crippen LogP contribution in [0.4, 0.5) is 0 Å². The Labute approximate surface area is 313 Å². The zero-order valence-corrected chi connectivity index (χ0v) is 28.6. The van der Waals surface area contributed by atoms with E-state index < -0.39 is 10.3 Å². The number of fused-ring (bicyclic) bond motifs is 7. The van der Waals surface area contributed by atoms with E-state index in [2.05, 4.69) is 109 Å². The van der Waals surface area contributed by atoms with Crippen molar-refractivity contribution in [1.29, 1.82) is 0 Å². The first kappa shape index (κ1) is 31.8. The highest BCUT2D eigenvalue weighted by Gasteiger charge is 2.37. The van der Waals surface area contributed by atoms with Crippen LogP contribution in [0.15, 0.2) is 156 Å². The molecule has 2 aromatic heterocycles. The molecule has 53 heavy (non-hydrogen) atoms. The molecular formula is C45H25B5N2O. The van der Waals surface area contributed by atoms with Crippen molar-refractivity contribution in [3.05, 3.63) is 157 Å². The van der Waals surface area contributed by atoms with E-state index in [1.165, 1.54) is 5.56 Å². The van der Waals surface area contributed by atoms with E-state index in [4.69, 9.17) is 48.6 Å². The molecule has 0 aliphatic rings. The second kappa shape index (κ2) is 11.6. The van der Waals surface area contributed by atoms with Gasteiger partial charge in [-0.3, -0.25) is 4.57 Å². The molecule has 0 amide bonds. The van der Waals surface area contributed by atoms with E-state index in [1.807, 2.05) is 47.0 Å². The van der Waals surface area contributed by atoms with Gasteiger partial charge in [-0.05, 0) is 85.6 Å². The number of hydrogen-bond donors (Lipinski definition) is 0. The highest BCUT2D eigenvalue weighted by molar-refractivity contribution is 6.67. The fourth-order valence-electron chi connectivity index (χ4n) is 8.05. The maximum Gasteiger partial charge on any atom is 0.135 e. The SMILES string of the molecule is [B]C([B])([B])C([B])([B])c1nc2ccccc2n1-c1ccc(-c2c3ccccc3c(-c3ccc4oc5ccccc5c4c3)c3ccccc23)c2ccccc12. The van der Waals surface area contributed by atoms with Crippen molar-refractivity contribution in [3.63, 3.8) is 0 Å². The van der Waals surface area contributed by atoms with Crippen LogP contribution in [0.5, 0.6) is 0 Å². The Morgan fingerprint density at radius 1 is 0.472 bits per heavy atom. The summed E-state index contributed by atoms with van der Waals surface area (Å²) in [5.41, 5.74) is 8.60. The van der Waals surface area contributed by atoms with E-state index >= 15 is 0 Å². The molecule has 10 aromatic rings. The summed E-state index contributed by atoms with van der Waals surface area (Å²) < 4.78 is 8.13. The molecule has 236 valence electrons. The van der Waals surface area contributed by atoms with Crippen LogP contribution < -0.4 is 0 Å². The number of aromatic nitrogens is 2. The summed E-state index contributed by atoms with van der Waals surface area (Å²) in [4.78, 5) is 4.83. The molecule has 8 aromatic carbocycles. The Bertz CT molecular complexity index is 3040. The number of nitrogens with zero attached hydrogens (tertiary/aromatic N) is 2. The summed E-state index contributed by atoms with van der Waals surface area (Å²) in [6.07, 6.45) is 0. The van der Waals surface area contributed by atoms with Crippen molar-refractivity contribution in [2.24, 2.45) is 0 Å². The Morgan fingerprint density at radius 3 is 1.70 bits per heavy atom. The lowest BCUT2D eigenvalue weighted by molar-refractivity contribution is 0.669. The highest BCUT2D eigenvalue weighted by Crippen LogP contribution is 2.47. The van der Waals surface area contributed by atoms with E-state index in [1.54, 1.807) is 0 Å². The van der Waals surface area contributed by atoms with Gasteiger partial charge >= 0.3 is 0 Å². The maximum atomic E-state index is 6.63. The molecule has 10 radical (unpaired) electrons. The molecule has 0 aliphatic heterocycles. The van der Waals surface area contributed by atoms with Crippen molar-refractivity contribution < 1.29 is 4.42 Å². The summed E-state index contributed by atoms with van der Waals surface area (Å²) in [6, 6.07) is 52.4. The largest absolute Gasteiger partial charge is 0.456 e. The lowest BCUT2D eigenvalue weighted by Gasteiger charge is -2.41. The normalized spacial score (nSPS) is 12.5. The molecule has 0 unspecified atom stereocenters. The lowest BCUT2D eigenvalue weighted by Crippen LogP contribution is -2.45.